The van der Waals surface area contributed by atoms with Gasteiger partial charge >= 0.3 is 5.97 Å². The lowest BCUT2D eigenvalue weighted by atomic mass is 10.6. The van der Waals surface area contributed by atoms with E-state index in [1.54, 1.807) is 14.0 Å². The Kier molecular flexibility index (Phi) is 4.88. The lowest BCUT2D eigenvalue weighted by molar-refractivity contribution is -0.144. The average molecular weight is 147 g/mol. The fourth-order valence-electron chi connectivity index (χ4n) is 0.477. The lowest BCUT2D eigenvalue weighted by Crippen LogP contribution is -2.27. The first-order chi connectivity index (χ1) is 4.70. The third-order valence-corrected chi connectivity index (χ3v) is 0.946. The number of rotatable bonds is 4. The Balaban J connectivity index is 3.37. The molecule has 0 aliphatic heterocycles. The van der Waals surface area contributed by atoms with Gasteiger partial charge in [-0.15, -0.1) is 0 Å². The Morgan fingerprint density at radius 1 is 1.70 bits per heavy atom. The van der Waals surface area contributed by atoms with Gasteiger partial charge in [-0.1, -0.05) is 0 Å². The molecule has 0 spiro atoms. The minimum atomic E-state index is -0.306. The van der Waals surface area contributed by atoms with Crippen LogP contribution in [0.1, 0.15) is 6.92 Å². The molecule has 0 radical (unpaired) electrons. The monoisotopic (exact) mass is 147 g/mol. The predicted molar refractivity (Wildman–Crippen MR) is 36.3 cm³/mol. The van der Waals surface area contributed by atoms with E-state index >= 15 is 0 Å². The standard InChI is InChI=1S/C6H13NO3/c1-3-10-6(9)4-7(2)5-8/h8H,3-5H2,1-2H3. The Morgan fingerprint density at radius 2 is 2.30 bits per heavy atom. The SMILES string of the molecule is CCOC(=O)CN(C)CO. The van der Waals surface area contributed by atoms with Crippen LogP contribution in [0.4, 0.5) is 0 Å². The molecule has 0 heterocycles. The third-order valence-electron chi connectivity index (χ3n) is 0.946. The maximum atomic E-state index is 10.6. The van der Waals surface area contributed by atoms with Gasteiger partial charge < -0.3 is 9.84 Å². The molecule has 0 atom stereocenters. The zero-order valence-corrected chi connectivity index (χ0v) is 6.33. The fourth-order valence-corrected chi connectivity index (χ4v) is 0.477. The number of likely N-dealkylation sites (N-methyl/N-ethyl adjacent to an activating group) is 1. The van der Waals surface area contributed by atoms with Crippen molar-refractivity contribution in [2.24, 2.45) is 0 Å². The number of aliphatic hydroxyl groups excluding tert-OH is 1. The summed E-state index contributed by atoms with van der Waals surface area (Å²) < 4.78 is 4.62. The molecule has 0 aromatic rings. The van der Waals surface area contributed by atoms with Crippen LogP contribution in [-0.2, 0) is 9.53 Å². The number of aliphatic hydroxyl groups is 1. The molecule has 0 aromatic heterocycles. The maximum Gasteiger partial charge on any atom is 0.320 e. The molecular weight excluding hydrogens is 134 g/mol. The smallest absolute Gasteiger partial charge is 0.320 e. The number of hydrogen-bond acceptors (Lipinski definition) is 4. The van der Waals surface area contributed by atoms with Gasteiger partial charge in [0.25, 0.3) is 0 Å². The van der Waals surface area contributed by atoms with Gasteiger partial charge in [0.05, 0.1) is 19.9 Å². The molecule has 1 N–H and O–H groups in total. The second-order valence-corrected chi connectivity index (χ2v) is 1.96. The van der Waals surface area contributed by atoms with E-state index in [4.69, 9.17) is 5.11 Å². The molecule has 0 saturated heterocycles. The highest BCUT2D eigenvalue weighted by molar-refractivity contribution is 5.71. The summed E-state index contributed by atoms with van der Waals surface area (Å²) in [6, 6.07) is 0. The second-order valence-electron chi connectivity index (χ2n) is 1.96. The molecule has 0 rings (SSSR count). The second kappa shape index (κ2) is 5.20. The Hall–Kier alpha value is -0.610. The lowest BCUT2D eigenvalue weighted by Gasteiger charge is -2.10. The first-order valence-corrected chi connectivity index (χ1v) is 3.15. The largest absolute Gasteiger partial charge is 0.465 e. The highest BCUT2D eigenvalue weighted by Crippen LogP contribution is 1.82. The molecule has 10 heavy (non-hydrogen) atoms. The van der Waals surface area contributed by atoms with Crippen molar-refractivity contribution >= 4 is 5.97 Å². The van der Waals surface area contributed by atoms with E-state index in [0.717, 1.165) is 0 Å². The molecular formula is C6H13NO3. The maximum absolute atomic E-state index is 10.6. The van der Waals surface area contributed by atoms with Crippen molar-refractivity contribution in [3.8, 4) is 0 Å². The highest BCUT2D eigenvalue weighted by Gasteiger charge is 2.03. The van der Waals surface area contributed by atoms with Gasteiger partial charge in [0, 0.05) is 0 Å². The summed E-state index contributed by atoms with van der Waals surface area (Å²) in [5.41, 5.74) is 0. The zero-order chi connectivity index (χ0) is 7.98. The summed E-state index contributed by atoms with van der Waals surface area (Å²) in [5, 5.41) is 8.47. The number of carbonyl (C=O) groups excluding carboxylic acids is 1. The number of carbonyl (C=O) groups is 1. The molecule has 0 aromatic carbocycles. The van der Waals surface area contributed by atoms with Gasteiger partial charge in [0.2, 0.25) is 0 Å². The molecule has 0 aliphatic carbocycles. The zero-order valence-electron chi connectivity index (χ0n) is 6.33. The minimum absolute atomic E-state index is 0.126. The predicted octanol–water partition coefficient (Wildman–Crippen LogP) is -0.569. The van der Waals surface area contributed by atoms with Crippen molar-refractivity contribution in [2.45, 2.75) is 6.92 Å². The molecule has 4 heteroatoms. The molecule has 0 amide bonds. The fraction of sp³-hybridized carbons (Fsp3) is 0.833. The quantitative estimate of drug-likeness (QED) is 0.427. The highest BCUT2D eigenvalue weighted by atomic mass is 16.5. The molecule has 4 nitrogen and oxygen atoms in total. The van der Waals surface area contributed by atoms with Crippen LogP contribution in [0, 0.1) is 0 Å². The van der Waals surface area contributed by atoms with E-state index in [1.165, 1.54) is 4.90 Å². The topological polar surface area (TPSA) is 49.8 Å². The molecule has 0 fully saturated rings. The summed E-state index contributed by atoms with van der Waals surface area (Å²) in [6.07, 6.45) is 0. The number of esters is 1. The Labute approximate surface area is 60.4 Å². The molecule has 0 saturated carbocycles. The van der Waals surface area contributed by atoms with Gasteiger partial charge in [0.1, 0.15) is 0 Å². The van der Waals surface area contributed by atoms with Crippen LogP contribution in [0.2, 0.25) is 0 Å². The van der Waals surface area contributed by atoms with E-state index < -0.39 is 0 Å². The van der Waals surface area contributed by atoms with Crippen LogP contribution in [0.5, 0.6) is 0 Å². The van der Waals surface area contributed by atoms with E-state index in [9.17, 15) is 4.79 Å². The summed E-state index contributed by atoms with van der Waals surface area (Å²) >= 11 is 0. The molecule has 0 bridgehead atoms. The van der Waals surface area contributed by atoms with Crippen molar-refractivity contribution in [1.29, 1.82) is 0 Å². The molecule has 0 aliphatic rings. The van der Waals surface area contributed by atoms with E-state index in [1.807, 2.05) is 0 Å². The van der Waals surface area contributed by atoms with Gasteiger partial charge in [0.15, 0.2) is 0 Å². The number of nitrogens with zero attached hydrogens (tertiary/aromatic N) is 1. The Morgan fingerprint density at radius 3 is 2.70 bits per heavy atom. The van der Waals surface area contributed by atoms with Gasteiger partial charge in [-0.2, -0.15) is 0 Å². The molecule has 60 valence electrons. The van der Waals surface area contributed by atoms with Crippen LogP contribution >= 0.6 is 0 Å². The first kappa shape index (κ1) is 9.39. The summed E-state index contributed by atoms with van der Waals surface area (Å²) in [5.74, 6) is -0.306. The summed E-state index contributed by atoms with van der Waals surface area (Å²) in [4.78, 5) is 12.1. The van der Waals surface area contributed by atoms with Crippen LogP contribution in [0.3, 0.4) is 0 Å². The van der Waals surface area contributed by atoms with E-state index in [0.29, 0.717) is 6.61 Å². The van der Waals surface area contributed by atoms with E-state index in [-0.39, 0.29) is 19.2 Å². The Bertz CT molecular complexity index is 105. The van der Waals surface area contributed by atoms with Crippen molar-refractivity contribution < 1.29 is 14.6 Å². The van der Waals surface area contributed by atoms with E-state index in [2.05, 4.69) is 4.74 Å². The van der Waals surface area contributed by atoms with Crippen LogP contribution < -0.4 is 0 Å². The minimum Gasteiger partial charge on any atom is -0.465 e. The summed E-state index contributed by atoms with van der Waals surface area (Å²) in [7, 11) is 1.64. The van der Waals surface area contributed by atoms with Gasteiger partial charge in [-0.05, 0) is 14.0 Å². The summed E-state index contributed by atoms with van der Waals surface area (Å²) in [6.45, 7) is 2.15. The first-order valence-electron chi connectivity index (χ1n) is 3.15. The average Bonchev–Trinajstić information content (AvgIpc) is 1.88. The van der Waals surface area contributed by atoms with Crippen LogP contribution in [0.15, 0.2) is 0 Å². The van der Waals surface area contributed by atoms with Crippen LogP contribution in [0.25, 0.3) is 0 Å². The number of ether oxygens (including phenoxy) is 1. The van der Waals surface area contributed by atoms with Crippen molar-refractivity contribution in [1.82, 2.24) is 4.90 Å². The molecule has 0 unspecified atom stereocenters. The van der Waals surface area contributed by atoms with Crippen molar-refractivity contribution in [3.05, 3.63) is 0 Å². The normalized spacial score (nSPS) is 10.0. The van der Waals surface area contributed by atoms with Crippen molar-refractivity contribution in [3.63, 3.8) is 0 Å². The number of hydrogen-bond donors (Lipinski definition) is 1. The van der Waals surface area contributed by atoms with Crippen LogP contribution in [-0.4, -0.2) is 42.9 Å². The van der Waals surface area contributed by atoms with Gasteiger partial charge in [-0.25, -0.2) is 0 Å². The van der Waals surface area contributed by atoms with Crippen molar-refractivity contribution in [2.75, 3.05) is 26.9 Å². The van der Waals surface area contributed by atoms with Gasteiger partial charge in [-0.3, -0.25) is 9.69 Å². The third kappa shape index (κ3) is 4.29.